The smallest absolute Gasteiger partial charge is 0.309 e. The number of amides is 1. The van der Waals surface area contributed by atoms with E-state index in [9.17, 15) is 9.59 Å². The summed E-state index contributed by atoms with van der Waals surface area (Å²) in [5.41, 5.74) is 0. The number of esters is 1. The van der Waals surface area contributed by atoms with Crippen LogP contribution < -0.4 is 0 Å². The fraction of sp³-hybridized carbons (Fsp3) is 0.571. The summed E-state index contributed by atoms with van der Waals surface area (Å²) in [7, 11) is 0. The summed E-state index contributed by atoms with van der Waals surface area (Å²) in [6, 6.07) is 3.34. The maximum atomic E-state index is 12.2. The van der Waals surface area contributed by atoms with Crippen LogP contribution in [-0.2, 0) is 15.4 Å². The quantitative estimate of drug-likeness (QED) is 0.633. The van der Waals surface area contributed by atoms with Gasteiger partial charge in [-0.1, -0.05) is 0 Å². The lowest BCUT2D eigenvalue weighted by molar-refractivity contribution is -0.149. The lowest BCUT2D eigenvalue weighted by atomic mass is 9.97. The van der Waals surface area contributed by atoms with Gasteiger partial charge in [0.25, 0.3) is 5.91 Å². The van der Waals surface area contributed by atoms with E-state index < -0.39 is 0 Å². The maximum absolute atomic E-state index is 12.2. The Hall–Kier alpha value is -1.49. The van der Waals surface area contributed by atoms with Crippen LogP contribution in [0.5, 0.6) is 0 Å². The molecular weight excluding hydrogens is 282 g/mol. The van der Waals surface area contributed by atoms with Gasteiger partial charge in [-0.05, 0) is 31.9 Å². The van der Waals surface area contributed by atoms with Gasteiger partial charge < -0.3 is 14.1 Å². The molecule has 0 saturated carbocycles. The van der Waals surface area contributed by atoms with Crippen molar-refractivity contribution in [2.45, 2.75) is 25.6 Å². The lowest BCUT2D eigenvalue weighted by Gasteiger charge is -2.30. The van der Waals surface area contributed by atoms with Gasteiger partial charge in [-0.15, -0.1) is 11.6 Å². The van der Waals surface area contributed by atoms with Gasteiger partial charge in [0.1, 0.15) is 5.76 Å². The summed E-state index contributed by atoms with van der Waals surface area (Å²) in [6.07, 6.45) is 1.27. The first kappa shape index (κ1) is 14.9. The zero-order valence-corrected chi connectivity index (χ0v) is 12.2. The highest BCUT2D eigenvalue weighted by atomic mass is 35.5. The number of piperidine rings is 1. The van der Waals surface area contributed by atoms with Gasteiger partial charge in [0, 0.05) is 13.1 Å². The van der Waals surface area contributed by atoms with E-state index in [1.165, 1.54) is 0 Å². The average molecular weight is 300 g/mol. The molecule has 0 aromatic carbocycles. The van der Waals surface area contributed by atoms with Crippen LogP contribution in [0, 0.1) is 5.92 Å². The Labute approximate surface area is 122 Å². The molecule has 0 aliphatic carbocycles. The van der Waals surface area contributed by atoms with E-state index in [4.69, 9.17) is 20.8 Å². The third-order valence-electron chi connectivity index (χ3n) is 3.41. The van der Waals surface area contributed by atoms with Crippen molar-refractivity contribution in [1.29, 1.82) is 0 Å². The van der Waals surface area contributed by atoms with E-state index in [2.05, 4.69) is 0 Å². The second-order valence-corrected chi connectivity index (χ2v) is 4.99. The van der Waals surface area contributed by atoms with Gasteiger partial charge in [0.15, 0.2) is 5.76 Å². The Morgan fingerprint density at radius 3 is 2.65 bits per heavy atom. The molecule has 0 bridgehead atoms. The van der Waals surface area contributed by atoms with Crippen molar-refractivity contribution in [3.05, 3.63) is 23.7 Å². The van der Waals surface area contributed by atoms with Crippen molar-refractivity contribution in [3.63, 3.8) is 0 Å². The molecule has 5 nitrogen and oxygen atoms in total. The van der Waals surface area contributed by atoms with Gasteiger partial charge in [0.2, 0.25) is 0 Å². The van der Waals surface area contributed by atoms with Gasteiger partial charge in [-0.2, -0.15) is 0 Å². The number of carbonyl (C=O) groups excluding carboxylic acids is 2. The first-order chi connectivity index (χ1) is 9.65. The zero-order chi connectivity index (χ0) is 14.5. The number of rotatable bonds is 4. The van der Waals surface area contributed by atoms with Crippen molar-refractivity contribution >= 4 is 23.5 Å². The highest BCUT2D eigenvalue weighted by Crippen LogP contribution is 2.21. The zero-order valence-electron chi connectivity index (χ0n) is 11.4. The number of nitrogens with zero attached hydrogens (tertiary/aromatic N) is 1. The first-order valence-electron chi connectivity index (χ1n) is 6.76. The minimum absolute atomic E-state index is 0.103. The minimum Gasteiger partial charge on any atom is -0.466 e. The van der Waals surface area contributed by atoms with E-state index in [0.29, 0.717) is 44.1 Å². The van der Waals surface area contributed by atoms with E-state index in [-0.39, 0.29) is 23.7 Å². The molecular formula is C14H18ClNO4. The van der Waals surface area contributed by atoms with Crippen LogP contribution in [0.25, 0.3) is 0 Å². The molecule has 0 unspecified atom stereocenters. The predicted octanol–water partition coefficient (Wildman–Crippen LogP) is 2.43. The molecule has 1 amide bonds. The normalized spacial score (nSPS) is 16.2. The molecule has 2 heterocycles. The van der Waals surface area contributed by atoms with Crippen molar-refractivity contribution in [2.24, 2.45) is 5.92 Å². The average Bonchev–Trinajstić information content (AvgIpc) is 2.96. The summed E-state index contributed by atoms with van der Waals surface area (Å²) in [5.74, 6) is 0.712. The second kappa shape index (κ2) is 6.79. The number of hydrogen-bond acceptors (Lipinski definition) is 4. The van der Waals surface area contributed by atoms with Crippen LogP contribution >= 0.6 is 11.6 Å². The highest BCUT2D eigenvalue weighted by molar-refractivity contribution is 6.16. The SMILES string of the molecule is CCOC(=O)C1CCN(C(=O)c2ccc(CCl)o2)CC1. The summed E-state index contributed by atoms with van der Waals surface area (Å²) < 4.78 is 10.3. The van der Waals surface area contributed by atoms with E-state index >= 15 is 0 Å². The molecule has 6 heteroatoms. The molecule has 1 aliphatic rings. The Morgan fingerprint density at radius 1 is 1.40 bits per heavy atom. The minimum atomic E-state index is -0.165. The van der Waals surface area contributed by atoms with Gasteiger partial charge in [-0.3, -0.25) is 9.59 Å². The second-order valence-electron chi connectivity index (χ2n) is 4.72. The molecule has 1 aromatic rings. The van der Waals surface area contributed by atoms with Crippen LogP contribution in [0.2, 0.25) is 0 Å². The van der Waals surface area contributed by atoms with Crippen molar-refractivity contribution in [3.8, 4) is 0 Å². The lowest BCUT2D eigenvalue weighted by Crippen LogP contribution is -2.40. The molecule has 1 saturated heterocycles. The number of carbonyl (C=O) groups is 2. The predicted molar refractivity (Wildman–Crippen MR) is 73.5 cm³/mol. The van der Waals surface area contributed by atoms with Gasteiger partial charge in [-0.25, -0.2) is 0 Å². The largest absolute Gasteiger partial charge is 0.466 e. The number of hydrogen-bond donors (Lipinski definition) is 0. The van der Waals surface area contributed by atoms with E-state index in [0.717, 1.165) is 0 Å². The van der Waals surface area contributed by atoms with Gasteiger partial charge >= 0.3 is 5.97 Å². The van der Waals surface area contributed by atoms with Crippen molar-refractivity contribution in [2.75, 3.05) is 19.7 Å². The third kappa shape index (κ3) is 3.33. The number of ether oxygens (including phenoxy) is 1. The Balaban J connectivity index is 1.90. The highest BCUT2D eigenvalue weighted by Gasteiger charge is 2.29. The number of alkyl halides is 1. The summed E-state index contributed by atoms with van der Waals surface area (Å²) in [6.45, 7) is 3.27. The molecule has 20 heavy (non-hydrogen) atoms. The molecule has 0 atom stereocenters. The summed E-state index contributed by atoms with van der Waals surface area (Å²) in [5, 5.41) is 0. The monoisotopic (exact) mass is 299 g/mol. The standard InChI is InChI=1S/C14H18ClNO4/c1-2-19-14(18)10-5-7-16(8-6-10)13(17)12-4-3-11(9-15)20-12/h3-4,10H,2,5-9H2,1H3. The molecule has 0 N–H and O–H groups in total. The van der Waals surface area contributed by atoms with Crippen LogP contribution in [0.4, 0.5) is 0 Å². The Kier molecular flexibility index (Phi) is 5.06. The number of furan rings is 1. The number of likely N-dealkylation sites (tertiary alicyclic amines) is 1. The summed E-state index contributed by atoms with van der Waals surface area (Å²) >= 11 is 5.64. The van der Waals surface area contributed by atoms with Crippen LogP contribution in [0.1, 0.15) is 36.1 Å². The first-order valence-corrected chi connectivity index (χ1v) is 7.29. The van der Waals surface area contributed by atoms with Crippen LogP contribution in [0.15, 0.2) is 16.5 Å². The molecule has 1 aliphatic heterocycles. The van der Waals surface area contributed by atoms with Crippen LogP contribution in [0.3, 0.4) is 0 Å². The van der Waals surface area contributed by atoms with Crippen LogP contribution in [-0.4, -0.2) is 36.5 Å². The topological polar surface area (TPSA) is 59.8 Å². The molecule has 0 radical (unpaired) electrons. The third-order valence-corrected chi connectivity index (χ3v) is 3.67. The van der Waals surface area contributed by atoms with Gasteiger partial charge in [0.05, 0.1) is 18.4 Å². The Morgan fingerprint density at radius 2 is 2.10 bits per heavy atom. The van der Waals surface area contributed by atoms with E-state index in [1.54, 1.807) is 24.0 Å². The summed E-state index contributed by atoms with van der Waals surface area (Å²) in [4.78, 5) is 25.5. The van der Waals surface area contributed by atoms with Crippen molar-refractivity contribution in [1.82, 2.24) is 4.90 Å². The molecule has 2 rings (SSSR count). The fourth-order valence-corrected chi connectivity index (χ4v) is 2.44. The van der Waals surface area contributed by atoms with E-state index in [1.807, 2.05) is 0 Å². The Bertz CT molecular complexity index is 477. The maximum Gasteiger partial charge on any atom is 0.309 e. The molecule has 0 spiro atoms. The fourth-order valence-electron chi connectivity index (χ4n) is 2.30. The molecule has 1 aromatic heterocycles. The van der Waals surface area contributed by atoms with Crippen molar-refractivity contribution < 1.29 is 18.7 Å². The molecule has 110 valence electrons. The molecule has 1 fully saturated rings. The number of halogens is 1.